The van der Waals surface area contributed by atoms with Gasteiger partial charge in [0.05, 0.1) is 17.6 Å². The van der Waals surface area contributed by atoms with Crippen molar-refractivity contribution in [3.05, 3.63) is 53.9 Å². The monoisotopic (exact) mass is 403 g/mol. The number of hydrogen-bond donors (Lipinski definition) is 2. The van der Waals surface area contributed by atoms with E-state index < -0.39 is 27.8 Å². The first-order chi connectivity index (χ1) is 12.6. The number of carbonyl (C=O) groups excluding carboxylic acids is 1. The summed E-state index contributed by atoms with van der Waals surface area (Å²) in [5.74, 6) is -0.161. The Labute approximate surface area is 153 Å². The van der Waals surface area contributed by atoms with Gasteiger partial charge in [-0.05, 0) is 36.4 Å². The third-order valence-electron chi connectivity index (χ3n) is 3.39. The summed E-state index contributed by atoms with van der Waals surface area (Å²) < 4.78 is 68.7. The zero-order valence-electron chi connectivity index (χ0n) is 14.1. The first kappa shape index (κ1) is 20.6. The number of benzene rings is 1. The number of ether oxygens (including phenoxy) is 1. The van der Waals surface area contributed by atoms with Crippen LogP contribution < -0.4 is 14.8 Å². The van der Waals surface area contributed by atoms with Crippen LogP contribution in [0.4, 0.5) is 13.2 Å². The Morgan fingerprint density at radius 2 is 1.78 bits per heavy atom. The van der Waals surface area contributed by atoms with Gasteiger partial charge in [0.2, 0.25) is 10.0 Å². The second-order valence-electron chi connectivity index (χ2n) is 5.26. The maximum atomic E-state index is 12.4. The largest absolute Gasteiger partial charge is 0.497 e. The molecule has 0 saturated heterocycles. The van der Waals surface area contributed by atoms with Crippen molar-refractivity contribution in [3.63, 3.8) is 0 Å². The third-order valence-corrected chi connectivity index (χ3v) is 4.87. The molecule has 0 saturated carbocycles. The zero-order valence-corrected chi connectivity index (χ0v) is 14.9. The second kappa shape index (κ2) is 8.35. The fraction of sp³-hybridized carbons (Fsp3) is 0.250. The van der Waals surface area contributed by atoms with Crippen molar-refractivity contribution in [3.8, 4) is 5.75 Å². The van der Waals surface area contributed by atoms with E-state index in [4.69, 9.17) is 4.74 Å². The number of methoxy groups -OCH3 is 1. The first-order valence-electron chi connectivity index (χ1n) is 7.58. The van der Waals surface area contributed by atoms with Gasteiger partial charge in [0.1, 0.15) is 11.4 Å². The lowest BCUT2D eigenvalue weighted by Crippen LogP contribution is -2.34. The minimum atomic E-state index is -4.59. The number of hydrogen-bond acceptors (Lipinski definition) is 5. The van der Waals surface area contributed by atoms with Gasteiger partial charge in [0.25, 0.3) is 5.91 Å². The lowest BCUT2D eigenvalue weighted by atomic mass is 10.2. The molecule has 0 aliphatic carbocycles. The SMILES string of the molecule is COc1ccc(S(=O)(=O)NCCNC(=O)c2ccc(C(F)(F)F)nc2)cc1. The average Bonchev–Trinajstić information content (AvgIpc) is 2.64. The van der Waals surface area contributed by atoms with Crippen LogP contribution in [0.25, 0.3) is 0 Å². The highest BCUT2D eigenvalue weighted by molar-refractivity contribution is 7.89. The van der Waals surface area contributed by atoms with E-state index in [2.05, 4.69) is 15.0 Å². The number of aromatic nitrogens is 1. The quantitative estimate of drug-likeness (QED) is 0.688. The lowest BCUT2D eigenvalue weighted by Gasteiger charge is -2.09. The van der Waals surface area contributed by atoms with Crippen LogP contribution in [0.1, 0.15) is 16.1 Å². The molecule has 146 valence electrons. The molecule has 0 aliphatic heterocycles. The smallest absolute Gasteiger partial charge is 0.433 e. The van der Waals surface area contributed by atoms with E-state index >= 15 is 0 Å². The summed E-state index contributed by atoms with van der Waals surface area (Å²) in [5, 5.41) is 2.39. The van der Waals surface area contributed by atoms with Crippen molar-refractivity contribution < 1.29 is 31.1 Å². The van der Waals surface area contributed by atoms with Gasteiger partial charge in [-0.1, -0.05) is 0 Å². The summed E-state index contributed by atoms with van der Waals surface area (Å²) in [5.41, 5.74) is -1.17. The Morgan fingerprint density at radius 3 is 2.30 bits per heavy atom. The van der Waals surface area contributed by atoms with Crippen molar-refractivity contribution in [1.29, 1.82) is 0 Å². The number of nitrogens with one attached hydrogen (secondary N) is 2. The van der Waals surface area contributed by atoms with Crippen molar-refractivity contribution >= 4 is 15.9 Å². The van der Waals surface area contributed by atoms with Crippen molar-refractivity contribution in [2.45, 2.75) is 11.1 Å². The van der Waals surface area contributed by atoms with E-state index in [1.165, 1.54) is 31.4 Å². The van der Waals surface area contributed by atoms with Crippen LogP contribution in [0.2, 0.25) is 0 Å². The Balaban J connectivity index is 1.85. The lowest BCUT2D eigenvalue weighted by molar-refractivity contribution is -0.141. The van der Waals surface area contributed by atoms with Crippen molar-refractivity contribution in [2.24, 2.45) is 0 Å². The van der Waals surface area contributed by atoms with Gasteiger partial charge >= 0.3 is 6.18 Å². The number of rotatable bonds is 7. The van der Waals surface area contributed by atoms with Crippen molar-refractivity contribution in [2.75, 3.05) is 20.2 Å². The van der Waals surface area contributed by atoms with Crippen LogP contribution in [-0.4, -0.2) is 39.5 Å². The normalized spacial score (nSPS) is 11.9. The van der Waals surface area contributed by atoms with Gasteiger partial charge in [-0.3, -0.25) is 9.78 Å². The molecule has 7 nitrogen and oxygen atoms in total. The molecule has 2 aromatic rings. The molecule has 0 radical (unpaired) electrons. The Bertz CT molecular complexity index is 883. The highest BCUT2D eigenvalue weighted by Gasteiger charge is 2.32. The first-order valence-corrected chi connectivity index (χ1v) is 9.07. The van der Waals surface area contributed by atoms with Gasteiger partial charge < -0.3 is 10.1 Å². The van der Waals surface area contributed by atoms with Gasteiger partial charge in [-0.2, -0.15) is 13.2 Å². The Kier molecular flexibility index (Phi) is 6.39. The number of halogens is 3. The number of nitrogens with zero attached hydrogens (tertiary/aromatic N) is 1. The van der Waals surface area contributed by atoms with Crippen LogP contribution in [0.5, 0.6) is 5.75 Å². The van der Waals surface area contributed by atoms with Crippen LogP contribution in [0, 0.1) is 0 Å². The fourth-order valence-corrected chi connectivity index (χ4v) is 3.03. The van der Waals surface area contributed by atoms with E-state index in [1.54, 1.807) is 0 Å². The number of alkyl halides is 3. The van der Waals surface area contributed by atoms with E-state index in [0.29, 0.717) is 11.8 Å². The molecule has 0 bridgehead atoms. The zero-order chi connectivity index (χ0) is 20.1. The van der Waals surface area contributed by atoms with Crippen LogP contribution in [0.3, 0.4) is 0 Å². The molecule has 1 aromatic carbocycles. The molecule has 0 aliphatic rings. The molecular formula is C16H16F3N3O4S. The molecule has 0 spiro atoms. The summed E-state index contributed by atoms with van der Waals surface area (Å²) in [4.78, 5) is 15.1. The number of amides is 1. The molecule has 2 N–H and O–H groups in total. The molecule has 1 aromatic heterocycles. The number of pyridine rings is 1. The highest BCUT2D eigenvalue weighted by Crippen LogP contribution is 2.27. The summed E-state index contributed by atoms with van der Waals surface area (Å²) in [6, 6.07) is 7.41. The molecule has 1 heterocycles. The molecule has 11 heteroatoms. The van der Waals surface area contributed by atoms with E-state index in [1.807, 2.05) is 0 Å². The van der Waals surface area contributed by atoms with Crippen LogP contribution in [0.15, 0.2) is 47.5 Å². The number of carbonyl (C=O) groups is 1. The van der Waals surface area contributed by atoms with Gasteiger partial charge in [0.15, 0.2) is 0 Å². The summed E-state index contributed by atoms with van der Waals surface area (Å²) in [7, 11) is -2.31. The van der Waals surface area contributed by atoms with E-state index in [9.17, 15) is 26.4 Å². The molecule has 2 rings (SSSR count). The maximum absolute atomic E-state index is 12.4. The summed E-state index contributed by atoms with van der Waals surface area (Å²) in [6.07, 6.45) is -3.78. The van der Waals surface area contributed by atoms with Crippen molar-refractivity contribution in [1.82, 2.24) is 15.0 Å². The minimum absolute atomic E-state index is 0.0292. The molecular weight excluding hydrogens is 387 g/mol. The molecule has 0 unspecified atom stereocenters. The van der Waals surface area contributed by atoms with E-state index in [-0.39, 0.29) is 23.5 Å². The fourth-order valence-electron chi connectivity index (χ4n) is 2.00. The van der Waals surface area contributed by atoms with Gasteiger partial charge in [-0.15, -0.1) is 0 Å². The van der Waals surface area contributed by atoms with Crippen LogP contribution in [-0.2, 0) is 16.2 Å². The van der Waals surface area contributed by atoms with Crippen LogP contribution >= 0.6 is 0 Å². The maximum Gasteiger partial charge on any atom is 0.433 e. The summed E-state index contributed by atoms with van der Waals surface area (Å²) >= 11 is 0. The Morgan fingerprint density at radius 1 is 1.11 bits per heavy atom. The number of sulfonamides is 1. The molecule has 0 atom stereocenters. The minimum Gasteiger partial charge on any atom is -0.497 e. The Hall–Kier alpha value is -2.66. The van der Waals surface area contributed by atoms with Gasteiger partial charge in [0, 0.05) is 19.3 Å². The average molecular weight is 403 g/mol. The highest BCUT2D eigenvalue weighted by atomic mass is 32.2. The third kappa shape index (κ3) is 5.66. The van der Waals surface area contributed by atoms with Gasteiger partial charge in [-0.25, -0.2) is 13.1 Å². The topological polar surface area (TPSA) is 97.4 Å². The molecule has 27 heavy (non-hydrogen) atoms. The summed E-state index contributed by atoms with van der Waals surface area (Å²) in [6.45, 7) is -0.163. The molecule has 0 fully saturated rings. The molecule has 1 amide bonds. The predicted octanol–water partition coefficient (Wildman–Crippen LogP) is 1.82. The standard InChI is InChI=1S/C16H16F3N3O4S/c1-26-12-3-5-13(6-4-12)27(24,25)22-9-8-20-15(23)11-2-7-14(21-10-11)16(17,18)19/h2-7,10,22H,8-9H2,1H3,(H,20,23). The predicted molar refractivity (Wildman–Crippen MR) is 89.8 cm³/mol. The van der Waals surface area contributed by atoms with E-state index in [0.717, 1.165) is 12.3 Å². The second-order valence-corrected chi connectivity index (χ2v) is 7.03.